The summed E-state index contributed by atoms with van der Waals surface area (Å²) >= 11 is 0. The van der Waals surface area contributed by atoms with E-state index < -0.39 is 0 Å². The first-order chi connectivity index (χ1) is 32.7. The van der Waals surface area contributed by atoms with E-state index >= 15 is 0 Å². The Balaban J connectivity index is 0.897. The van der Waals surface area contributed by atoms with Crippen LogP contribution in [0.3, 0.4) is 0 Å². The summed E-state index contributed by atoms with van der Waals surface area (Å²) in [7, 11) is 0. The topological polar surface area (TPSA) is 26.3 Å². The van der Waals surface area contributed by atoms with Crippen molar-refractivity contribution >= 4 is 5.97 Å². The minimum Gasteiger partial charge on any atom is -0.462 e. The number of hydrogen-bond acceptors (Lipinski definition) is 2. The fourth-order valence-corrected chi connectivity index (χ4v) is 13.6. The third-order valence-electron chi connectivity index (χ3n) is 17.7. The molecule has 0 N–H and O–H groups in total. The quantitative estimate of drug-likeness (QED) is 0.0356. The lowest BCUT2D eigenvalue weighted by Crippen LogP contribution is -2.51. The monoisotopic (exact) mass is 921 g/mol. The van der Waals surface area contributed by atoms with Crippen LogP contribution in [0.5, 0.6) is 0 Å². The molecule has 0 heterocycles. The number of rotatable bonds is 36. The maximum absolute atomic E-state index is 13.0. The van der Waals surface area contributed by atoms with E-state index in [1.807, 2.05) is 0 Å². The number of carbonyl (C=O) groups is 1. The number of ether oxygens (including phenoxy) is 1. The molecule has 0 saturated heterocycles. The average molecular weight is 922 g/mol. The highest BCUT2D eigenvalue weighted by molar-refractivity contribution is 5.69. The molecule has 4 aliphatic rings. The molecule has 0 bridgehead atoms. The van der Waals surface area contributed by atoms with Gasteiger partial charge < -0.3 is 4.74 Å². The molecule has 0 aliphatic heterocycles. The highest BCUT2D eigenvalue weighted by Crippen LogP contribution is 2.67. The van der Waals surface area contributed by atoms with Gasteiger partial charge in [0.1, 0.15) is 6.10 Å². The van der Waals surface area contributed by atoms with Gasteiger partial charge in [-0.15, -0.1) is 0 Å². The number of unbranched alkanes of at least 4 members (excludes halogenated alkanes) is 16. The van der Waals surface area contributed by atoms with Crippen LogP contribution in [-0.2, 0) is 9.53 Å². The SMILES string of the molecule is CC/C=C\C/C=C\C/C=C\C/C=C\C/C=C\C/C=C\CCCCCCCCCCCCCCCCCCC(=O)OC1CCC2(C)C(=CCC3C2CCC2(C)C(C(C)CCCC(C)C)CCC32)C1. The van der Waals surface area contributed by atoms with Crippen LogP contribution in [0.15, 0.2) is 84.6 Å². The summed E-state index contributed by atoms with van der Waals surface area (Å²) in [6, 6.07) is 0. The summed E-state index contributed by atoms with van der Waals surface area (Å²) in [5.41, 5.74) is 2.52. The van der Waals surface area contributed by atoms with Gasteiger partial charge in [-0.2, -0.15) is 0 Å². The molecular formula is C65H108O2. The van der Waals surface area contributed by atoms with Gasteiger partial charge in [0, 0.05) is 12.8 Å². The summed E-state index contributed by atoms with van der Waals surface area (Å²) in [5, 5.41) is 0. The van der Waals surface area contributed by atoms with Crippen molar-refractivity contribution in [2.75, 3.05) is 0 Å². The Morgan fingerprint density at radius 3 is 1.63 bits per heavy atom. The van der Waals surface area contributed by atoms with Crippen LogP contribution < -0.4 is 0 Å². The van der Waals surface area contributed by atoms with Crippen LogP contribution in [0.25, 0.3) is 0 Å². The summed E-state index contributed by atoms with van der Waals surface area (Å²) < 4.78 is 6.18. The Hall–Kier alpha value is -2.35. The molecule has 0 aromatic rings. The van der Waals surface area contributed by atoms with Crippen molar-refractivity contribution in [2.45, 2.75) is 272 Å². The molecule has 2 heteroatoms. The van der Waals surface area contributed by atoms with Gasteiger partial charge in [0.2, 0.25) is 0 Å². The first-order valence-corrected chi connectivity index (χ1v) is 29.5. The molecule has 0 aromatic heterocycles. The summed E-state index contributed by atoms with van der Waals surface area (Å²) in [5.74, 6) is 5.30. The van der Waals surface area contributed by atoms with Crippen LogP contribution in [0, 0.1) is 46.3 Å². The van der Waals surface area contributed by atoms with Gasteiger partial charge in [0.05, 0.1) is 0 Å². The second-order valence-electron chi connectivity index (χ2n) is 23.3. The highest BCUT2D eigenvalue weighted by atomic mass is 16.5. The van der Waals surface area contributed by atoms with Gasteiger partial charge >= 0.3 is 5.97 Å². The molecule has 2 nitrogen and oxygen atoms in total. The third-order valence-corrected chi connectivity index (χ3v) is 17.7. The first kappa shape index (κ1) is 57.2. The van der Waals surface area contributed by atoms with Gasteiger partial charge in [0.25, 0.3) is 0 Å². The van der Waals surface area contributed by atoms with Gasteiger partial charge in [-0.25, -0.2) is 0 Å². The van der Waals surface area contributed by atoms with Gasteiger partial charge in [-0.1, -0.05) is 235 Å². The van der Waals surface area contributed by atoms with Crippen LogP contribution in [0.2, 0.25) is 0 Å². The zero-order valence-corrected chi connectivity index (χ0v) is 45.1. The van der Waals surface area contributed by atoms with Crippen molar-refractivity contribution in [2.24, 2.45) is 46.3 Å². The molecule has 4 rings (SSSR count). The largest absolute Gasteiger partial charge is 0.462 e. The Bertz CT molecular complexity index is 1520. The van der Waals surface area contributed by atoms with Crippen LogP contribution in [0.4, 0.5) is 0 Å². The summed E-state index contributed by atoms with van der Waals surface area (Å²) in [6.07, 6.45) is 74.4. The van der Waals surface area contributed by atoms with Crippen molar-refractivity contribution in [3.05, 3.63) is 84.6 Å². The fourth-order valence-electron chi connectivity index (χ4n) is 13.6. The lowest BCUT2D eigenvalue weighted by atomic mass is 9.47. The minimum absolute atomic E-state index is 0.0627. The van der Waals surface area contributed by atoms with Crippen molar-refractivity contribution in [3.8, 4) is 0 Å². The standard InChI is InChI=1S/C65H108O2/c1-7-8-9-10-11-12-13-14-15-16-17-18-19-20-21-22-23-24-25-26-27-28-29-30-31-32-33-34-35-36-37-38-39-40-41-45-63(66)67-58-50-52-64(5)57(54-58)46-47-59-61-49-48-60(56(4)44-42-43-55(2)3)65(61,6)53-51-62(59)64/h8-9,11-12,14-15,17-18,20-21,23-24,46,55-56,58-62H,7,10,13,16,19,22,25-45,47-54H2,1-6H3/b9-8-,12-11-,15-14-,18-17-,21-20-,24-23-. The number of fused-ring (bicyclic) bond motifs is 5. The van der Waals surface area contributed by atoms with E-state index in [0.717, 1.165) is 93.3 Å². The molecular weight excluding hydrogens is 813 g/mol. The van der Waals surface area contributed by atoms with Crippen molar-refractivity contribution < 1.29 is 9.53 Å². The molecule has 0 spiro atoms. The van der Waals surface area contributed by atoms with E-state index in [2.05, 4.69) is 121 Å². The Morgan fingerprint density at radius 2 is 1.09 bits per heavy atom. The molecule has 3 fully saturated rings. The van der Waals surface area contributed by atoms with E-state index in [-0.39, 0.29) is 12.1 Å². The van der Waals surface area contributed by atoms with Crippen molar-refractivity contribution in [3.63, 3.8) is 0 Å². The lowest BCUT2D eigenvalue weighted by Gasteiger charge is -2.58. The zero-order valence-electron chi connectivity index (χ0n) is 45.1. The first-order valence-electron chi connectivity index (χ1n) is 29.5. The molecule has 3 saturated carbocycles. The molecule has 0 aromatic carbocycles. The van der Waals surface area contributed by atoms with Gasteiger partial charge in [0.15, 0.2) is 0 Å². The van der Waals surface area contributed by atoms with E-state index in [0.29, 0.717) is 17.3 Å². The van der Waals surface area contributed by atoms with Crippen molar-refractivity contribution in [1.29, 1.82) is 0 Å². The van der Waals surface area contributed by atoms with E-state index in [4.69, 9.17) is 4.74 Å². The highest BCUT2D eigenvalue weighted by Gasteiger charge is 2.59. The number of hydrogen-bond donors (Lipinski definition) is 0. The normalized spacial score (nSPS) is 27.0. The Labute approximate surface area is 417 Å². The molecule has 0 radical (unpaired) electrons. The second kappa shape index (κ2) is 34.1. The molecule has 4 aliphatic carbocycles. The Morgan fingerprint density at radius 1 is 0.582 bits per heavy atom. The lowest BCUT2D eigenvalue weighted by molar-refractivity contribution is -0.151. The number of esters is 1. The third kappa shape index (κ3) is 21.3. The van der Waals surface area contributed by atoms with Gasteiger partial charge in [-0.3, -0.25) is 4.79 Å². The predicted molar refractivity (Wildman–Crippen MR) is 294 cm³/mol. The molecule has 8 unspecified atom stereocenters. The minimum atomic E-state index is 0.0627. The van der Waals surface area contributed by atoms with E-state index in [1.54, 1.807) is 5.57 Å². The van der Waals surface area contributed by atoms with Crippen LogP contribution in [0.1, 0.15) is 266 Å². The van der Waals surface area contributed by atoms with E-state index in [1.165, 1.54) is 161 Å². The second-order valence-corrected chi connectivity index (χ2v) is 23.3. The predicted octanol–water partition coefficient (Wildman–Crippen LogP) is 20.7. The summed E-state index contributed by atoms with van der Waals surface area (Å²) in [6.45, 7) is 14.9. The van der Waals surface area contributed by atoms with Crippen LogP contribution >= 0.6 is 0 Å². The van der Waals surface area contributed by atoms with E-state index in [9.17, 15) is 4.79 Å². The average Bonchev–Trinajstić information content (AvgIpc) is 3.67. The number of allylic oxidation sites excluding steroid dienone is 13. The summed E-state index contributed by atoms with van der Waals surface area (Å²) in [4.78, 5) is 13.0. The maximum atomic E-state index is 13.0. The molecule has 67 heavy (non-hydrogen) atoms. The smallest absolute Gasteiger partial charge is 0.306 e. The molecule has 8 atom stereocenters. The molecule has 380 valence electrons. The zero-order chi connectivity index (χ0) is 47.8. The van der Waals surface area contributed by atoms with Crippen LogP contribution in [-0.4, -0.2) is 12.1 Å². The van der Waals surface area contributed by atoms with Gasteiger partial charge in [-0.05, 0) is 149 Å². The maximum Gasteiger partial charge on any atom is 0.306 e. The number of carbonyl (C=O) groups excluding carboxylic acids is 1. The Kier molecular flexibility index (Phi) is 29.1. The van der Waals surface area contributed by atoms with Crippen molar-refractivity contribution in [1.82, 2.24) is 0 Å². The molecule has 0 amide bonds. The fraction of sp³-hybridized carbons (Fsp3) is 0.769.